The average molecular weight is 325 g/mol. The number of ether oxygens (including phenoxy) is 1. The third kappa shape index (κ3) is 3.37. The summed E-state index contributed by atoms with van der Waals surface area (Å²) in [6.45, 7) is 2.23. The second-order valence-corrected chi connectivity index (χ2v) is 5.54. The maximum absolute atomic E-state index is 12.5. The lowest BCUT2D eigenvalue weighted by Gasteiger charge is -2.33. The Morgan fingerprint density at radius 3 is 2.88 bits per heavy atom. The number of fused-ring (bicyclic) bond motifs is 1. The van der Waals surface area contributed by atoms with Crippen molar-refractivity contribution in [2.75, 3.05) is 11.4 Å². The van der Waals surface area contributed by atoms with Crippen LogP contribution in [0.2, 0.25) is 0 Å². The van der Waals surface area contributed by atoms with Crippen LogP contribution in [0.4, 0.5) is 5.69 Å². The maximum Gasteiger partial charge on any atom is 0.268 e. The van der Waals surface area contributed by atoms with E-state index in [1.54, 1.807) is 18.5 Å². The Labute approximate surface area is 140 Å². The van der Waals surface area contributed by atoms with Gasteiger partial charge in [-0.3, -0.25) is 19.5 Å². The first-order valence-corrected chi connectivity index (χ1v) is 7.91. The number of pyridine rings is 1. The first-order chi connectivity index (χ1) is 11.7. The summed E-state index contributed by atoms with van der Waals surface area (Å²) in [4.78, 5) is 30.3. The summed E-state index contributed by atoms with van der Waals surface area (Å²) in [7, 11) is 0. The van der Waals surface area contributed by atoms with Crippen molar-refractivity contribution in [2.45, 2.75) is 26.0 Å². The highest BCUT2D eigenvalue weighted by atomic mass is 16.5. The number of anilines is 1. The van der Waals surface area contributed by atoms with Gasteiger partial charge in [0.05, 0.1) is 5.69 Å². The number of benzene rings is 1. The highest BCUT2D eigenvalue weighted by Crippen LogP contribution is 2.34. The Bertz CT molecular complexity index is 733. The van der Waals surface area contributed by atoms with Crippen molar-refractivity contribution >= 4 is 17.5 Å². The molecule has 0 fully saturated rings. The van der Waals surface area contributed by atoms with Crippen LogP contribution in [0, 0.1) is 0 Å². The summed E-state index contributed by atoms with van der Waals surface area (Å²) in [6.07, 6.45) is 3.38. The van der Waals surface area contributed by atoms with E-state index >= 15 is 0 Å². The summed E-state index contributed by atoms with van der Waals surface area (Å²) in [5, 5.41) is 2.82. The molecule has 2 aromatic rings. The number of carbonyl (C=O) groups is 2. The van der Waals surface area contributed by atoms with Crippen LogP contribution in [0.3, 0.4) is 0 Å². The highest BCUT2D eigenvalue weighted by molar-refractivity contribution is 6.03. The van der Waals surface area contributed by atoms with E-state index in [9.17, 15) is 9.59 Å². The van der Waals surface area contributed by atoms with Crippen molar-refractivity contribution in [3.8, 4) is 5.75 Å². The van der Waals surface area contributed by atoms with Gasteiger partial charge in [-0.1, -0.05) is 25.1 Å². The molecule has 1 N–H and O–H groups in total. The molecule has 124 valence electrons. The molecule has 1 aliphatic heterocycles. The van der Waals surface area contributed by atoms with Crippen molar-refractivity contribution in [1.29, 1.82) is 0 Å². The van der Waals surface area contributed by atoms with Crippen LogP contribution in [0.25, 0.3) is 0 Å². The van der Waals surface area contributed by atoms with Gasteiger partial charge >= 0.3 is 0 Å². The first kappa shape index (κ1) is 16.0. The van der Waals surface area contributed by atoms with Crippen LogP contribution in [0.5, 0.6) is 5.75 Å². The van der Waals surface area contributed by atoms with E-state index in [2.05, 4.69) is 10.3 Å². The van der Waals surface area contributed by atoms with Gasteiger partial charge in [0.15, 0.2) is 6.10 Å². The average Bonchev–Trinajstić information content (AvgIpc) is 2.63. The van der Waals surface area contributed by atoms with Gasteiger partial charge in [-0.2, -0.15) is 0 Å². The number of amides is 2. The van der Waals surface area contributed by atoms with E-state index < -0.39 is 6.10 Å². The number of hydrogen-bond donors (Lipinski definition) is 1. The fourth-order valence-electron chi connectivity index (χ4n) is 2.60. The zero-order valence-electron chi connectivity index (χ0n) is 13.4. The van der Waals surface area contributed by atoms with Gasteiger partial charge in [-0.25, -0.2) is 0 Å². The van der Waals surface area contributed by atoms with Crippen LogP contribution in [-0.2, 0) is 16.1 Å². The molecule has 3 rings (SSSR count). The lowest BCUT2D eigenvalue weighted by atomic mass is 10.1. The van der Waals surface area contributed by atoms with Gasteiger partial charge < -0.3 is 10.1 Å². The quantitative estimate of drug-likeness (QED) is 0.911. The van der Waals surface area contributed by atoms with Gasteiger partial charge in [-0.15, -0.1) is 0 Å². The van der Waals surface area contributed by atoms with Gasteiger partial charge in [-0.05, 0) is 30.2 Å². The molecule has 24 heavy (non-hydrogen) atoms. The van der Waals surface area contributed by atoms with Crippen LogP contribution < -0.4 is 15.0 Å². The summed E-state index contributed by atoms with van der Waals surface area (Å²) < 4.78 is 5.70. The fraction of sp³-hybridized carbons (Fsp3) is 0.278. The number of hydrogen-bond acceptors (Lipinski definition) is 4. The predicted molar refractivity (Wildman–Crippen MR) is 89.6 cm³/mol. The smallest absolute Gasteiger partial charge is 0.268 e. The molecule has 0 saturated heterocycles. The van der Waals surface area contributed by atoms with E-state index in [-0.39, 0.29) is 18.4 Å². The SMILES string of the molecule is CC[C@H]1Oc2ccccc2N(CC(=O)NCc2cccnc2)C1=O. The second-order valence-electron chi connectivity index (χ2n) is 5.54. The predicted octanol–water partition coefficient (Wildman–Crippen LogP) is 1.90. The molecule has 0 unspecified atom stereocenters. The number of rotatable bonds is 5. The fourth-order valence-corrected chi connectivity index (χ4v) is 2.60. The van der Waals surface area contributed by atoms with Crippen molar-refractivity contribution in [3.05, 3.63) is 54.4 Å². The standard InChI is InChI=1S/C18H19N3O3/c1-2-15-18(23)21(14-7-3-4-8-16(14)24-15)12-17(22)20-11-13-6-5-9-19-10-13/h3-10,15H,2,11-12H2,1H3,(H,20,22)/t15-/m1/s1. The molecule has 6 nitrogen and oxygen atoms in total. The summed E-state index contributed by atoms with van der Waals surface area (Å²) in [5.41, 5.74) is 1.54. The summed E-state index contributed by atoms with van der Waals surface area (Å²) in [5.74, 6) is 0.218. The molecule has 0 bridgehead atoms. The topological polar surface area (TPSA) is 71.5 Å². The largest absolute Gasteiger partial charge is 0.478 e. The monoisotopic (exact) mass is 325 g/mol. The molecular weight excluding hydrogens is 306 g/mol. The third-order valence-corrected chi connectivity index (χ3v) is 3.85. The second kappa shape index (κ2) is 7.12. The van der Waals surface area contributed by atoms with Crippen molar-refractivity contribution < 1.29 is 14.3 Å². The minimum absolute atomic E-state index is 0.0318. The molecule has 0 radical (unpaired) electrons. The Balaban J connectivity index is 1.70. The minimum Gasteiger partial charge on any atom is -0.478 e. The molecule has 2 heterocycles. The van der Waals surface area contributed by atoms with Gasteiger partial charge in [0.1, 0.15) is 12.3 Å². The number of para-hydroxylation sites is 2. The molecule has 0 aliphatic carbocycles. The van der Waals surface area contributed by atoms with E-state index in [1.807, 2.05) is 37.3 Å². The summed E-state index contributed by atoms with van der Waals surface area (Å²) in [6, 6.07) is 11.0. The maximum atomic E-state index is 12.5. The van der Waals surface area contributed by atoms with Gasteiger partial charge in [0, 0.05) is 18.9 Å². The van der Waals surface area contributed by atoms with Gasteiger partial charge in [0.2, 0.25) is 5.91 Å². The minimum atomic E-state index is -0.550. The van der Waals surface area contributed by atoms with Crippen molar-refractivity contribution in [2.24, 2.45) is 0 Å². The van der Waals surface area contributed by atoms with Crippen LogP contribution >= 0.6 is 0 Å². The number of nitrogens with one attached hydrogen (secondary N) is 1. The van der Waals surface area contributed by atoms with Crippen molar-refractivity contribution in [3.63, 3.8) is 0 Å². The van der Waals surface area contributed by atoms with E-state index in [1.165, 1.54) is 4.90 Å². The molecule has 6 heteroatoms. The van der Waals surface area contributed by atoms with E-state index in [0.29, 0.717) is 24.4 Å². The Morgan fingerprint density at radius 2 is 2.12 bits per heavy atom. The van der Waals surface area contributed by atoms with E-state index in [0.717, 1.165) is 5.56 Å². The van der Waals surface area contributed by atoms with Crippen LogP contribution in [0.1, 0.15) is 18.9 Å². The van der Waals surface area contributed by atoms with Crippen molar-refractivity contribution in [1.82, 2.24) is 10.3 Å². The Kier molecular flexibility index (Phi) is 4.74. The Morgan fingerprint density at radius 1 is 1.29 bits per heavy atom. The molecule has 2 amide bonds. The summed E-state index contributed by atoms with van der Waals surface area (Å²) >= 11 is 0. The van der Waals surface area contributed by atoms with Gasteiger partial charge in [0.25, 0.3) is 5.91 Å². The normalized spacial score (nSPS) is 16.3. The highest BCUT2D eigenvalue weighted by Gasteiger charge is 2.34. The molecule has 1 aromatic carbocycles. The first-order valence-electron chi connectivity index (χ1n) is 7.91. The lowest BCUT2D eigenvalue weighted by molar-refractivity contribution is -0.129. The zero-order valence-corrected chi connectivity index (χ0v) is 13.4. The number of nitrogens with zero attached hydrogens (tertiary/aromatic N) is 2. The number of aromatic nitrogens is 1. The molecule has 0 saturated carbocycles. The molecule has 1 aliphatic rings. The van der Waals surface area contributed by atoms with E-state index in [4.69, 9.17) is 4.74 Å². The third-order valence-electron chi connectivity index (χ3n) is 3.85. The lowest BCUT2D eigenvalue weighted by Crippen LogP contribution is -2.49. The zero-order chi connectivity index (χ0) is 16.9. The Hall–Kier alpha value is -2.89. The van der Waals surface area contributed by atoms with Crippen LogP contribution in [0.15, 0.2) is 48.8 Å². The molecule has 1 atom stereocenters. The molecule has 1 aromatic heterocycles. The van der Waals surface area contributed by atoms with Crippen LogP contribution in [-0.4, -0.2) is 29.4 Å². The molecule has 0 spiro atoms. The molecular formula is C18H19N3O3. The number of carbonyl (C=O) groups excluding carboxylic acids is 2.